The summed E-state index contributed by atoms with van der Waals surface area (Å²) in [5.74, 6) is -1.99. The van der Waals surface area contributed by atoms with Gasteiger partial charge in [-0.15, -0.1) is 0 Å². The Morgan fingerprint density at radius 3 is 2.45 bits per heavy atom. The number of amidine groups is 1. The van der Waals surface area contributed by atoms with Gasteiger partial charge in [-0.2, -0.15) is 0 Å². The monoisotopic (exact) mass is 418 g/mol. The van der Waals surface area contributed by atoms with Crippen LogP contribution < -0.4 is 21.1 Å². The Bertz CT molecular complexity index is 977. The molecule has 0 heterocycles. The number of carboxylic acid groups (broad SMARTS) is 1. The molecule has 0 unspecified atom stereocenters. The van der Waals surface area contributed by atoms with Crippen molar-refractivity contribution in [1.29, 1.82) is 5.41 Å². The van der Waals surface area contributed by atoms with Crippen molar-refractivity contribution in [2.24, 2.45) is 5.73 Å². The van der Waals surface area contributed by atoms with Crippen LogP contribution in [0.15, 0.2) is 36.4 Å². The number of likely N-dealkylation sites (N-methyl/N-ethyl adjacent to an activating group) is 1. The summed E-state index contributed by atoms with van der Waals surface area (Å²) in [6.45, 7) is -0.232. The molecule has 2 aromatic carbocycles. The minimum Gasteiger partial charge on any atom is -0.483 e. The van der Waals surface area contributed by atoms with Crippen molar-refractivity contribution in [3.05, 3.63) is 63.7 Å². The first-order chi connectivity index (χ1) is 13.7. The van der Waals surface area contributed by atoms with Gasteiger partial charge in [-0.05, 0) is 24.3 Å². The van der Waals surface area contributed by atoms with Crippen LogP contribution >= 0.6 is 11.6 Å². The molecule has 0 bridgehead atoms. The van der Waals surface area contributed by atoms with E-state index in [1.54, 1.807) is 12.1 Å². The number of halogens is 1. The van der Waals surface area contributed by atoms with Crippen LogP contribution in [0.2, 0.25) is 5.02 Å². The molecular formula is C19H19ClN4O5. The van der Waals surface area contributed by atoms with Gasteiger partial charge in [-0.25, -0.2) is 4.79 Å². The highest BCUT2D eigenvalue weighted by molar-refractivity contribution is 6.31. The second-order valence-corrected chi connectivity index (χ2v) is 6.35. The maximum absolute atomic E-state index is 12.4. The Morgan fingerprint density at radius 1 is 1.14 bits per heavy atom. The number of nitrogen functional groups attached to an aromatic ring is 1. The van der Waals surface area contributed by atoms with Crippen LogP contribution in [0.5, 0.6) is 5.75 Å². The quantitative estimate of drug-likeness (QED) is 0.322. The van der Waals surface area contributed by atoms with Crippen molar-refractivity contribution >= 4 is 35.2 Å². The van der Waals surface area contributed by atoms with Crippen molar-refractivity contribution in [2.45, 2.75) is 6.54 Å². The lowest BCUT2D eigenvalue weighted by Crippen LogP contribution is -2.26. The molecular weight excluding hydrogens is 400 g/mol. The molecule has 6 N–H and O–H groups in total. The molecule has 0 aliphatic carbocycles. The van der Waals surface area contributed by atoms with Gasteiger partial charge in [0.1, 0.15) is 11.6 Å². The maximum atomic E-state index is 12.4. The zero-order chi connectivity index (χ0) is 21.6. The molecule has 29 heavy (non-hydrogen) atoms. The Hall–Kier alpha value is -3.59. The van der Waals surface area contributed by atoms with Gasteiger partial charge in [0, 0.05) is 35.3 Å². The Balaban J connectivity index is 2.20. The lowest BCUT2D eigenvalue weighted by Gasteiger charge is -2.14. The van der Waals surface area contributed by atoms with Crippen LogP contribution in [0.1, 0.15) is 31.8 Å². The van der Waals surface area contributed by atoms with Crippen LogP contribution in [0.3, 0.4) is 0 Å². The van der Waals surface area contributed by atoms with Crippen molar-refractivity contribution in [1.82, 2.24) is 10.6 Å². The number of ether oxygens (including phenoxy) is 1. The molecule has 9 nitrogen and oxygen atoms in total. The van der Waals surface area contributed by atoms with E-state index in [0.29, 0.717) is 11.1 Å². The van der Waals surface area contributed by atoms with E-state index in [4.69, 9.17) is 32.6 Å². The van der Waals surface area contributed by atoms with E-state index in [1.165, 1.54) is 31.3 Å². The van der Waals surface area contributed by atoms with Gasteiger partial charge in [0.15, 0.2) is 6.61 Å². The standard InChI is InChI=1S/C19H19ClN4O5/c1-23-16(25)9-29-15-7-10(17(21)22)2-3-11(15)8-24-18(26)12-4-13(19(27)28)6-14(20)5-12/h2-7H,8-9H2,1H3,(H3,21,22)(H,23,25)(H,24,26)(H,27,28). The number of rotatable bonds is 8. The number of carboxylic acids is 1. The number of carbonyl (C=O) groups excluding carboxylic acids is 2. The fraction of sp³-hybridized carbons (Fsp3) is 0.158. The summed E-state index contributed by atoms with van der Waals surface area (Å²) in [6, 6.07) is 8.49. The number of aromatic carboxylic acids is 1. The Kier molecular flexibility index (Phi) is 7.15. The van der Waals surface area contributed by atoms with Crippen molar-refractivity contribution in [2.75, 3.05) is 13.7 Å². The molecule has 0 fully saturated rings. The molecule has 0 saturated carbocycles. The molecule has 2 rings (SSSR count). The molecule has 2 aromatic rings. The fourth-order valence-electron chi connectivity index (χ4n) is 2.34. The van der Waals surface area contributed by atoms with E-state index in [0.717, 1.165) is 0 Å². The number of nitrogens with two attached hydrogens (primary N) is 1. The van der Waals surface area contributed by atoms with Crippen molar-refractivity contribution in [3.63, 3.8) is 0 Å². The third-order valence-corrected chi connectivity index (χ3v) is 4.08. The largest absolute Gasteiger partial charge is 0.483 e. The highest BCUT2D eigenvalue weighted by Gasteiger charge is 2.14. The van der Waals surface area contributed by atoms with E-state index >= 15 is 0 Å². The Labute approximate surface area is 171 Å². The number of hydrogen-bond acceptors (Lipinski definition) is 5. The van der Waals surface area contributed by atoms with Gasteiger partial charge in [-0.1, -0.05) is 23.7 Å². The molecule has 0 saturated heterocycles. The van der Waals surface area contributed by atoms with Crippen LogP contribution in [0.4, 0.5) is 0 Å². The van der Waals surface area contributed by atoms with Gasteiger partial charge in [0.2, 0.25) is 0 Å². The molecule has 0 spiro atoms. The molecule has 0 atom stereocenters. The average molecular weight is 419 g/mol. The minimum atomic E-state index is -1.20. The predicted octanol–water partition coefficient (Wildman–Crippen LogP) is 1.38. The summed E-state index contributed by atoms with van der Waals surface area (Å²) in [6.07, 6.45) is 0. The van der Waals surface area contributed by atoms with Gasteiger partial charge in [0.25, 0.3) is 11.8 Å². The van der Waals surface area contributed by atoms with Gasteiger partial charge >= 0.3 is 5.97 Å². The molecule has 0 aliphatic heterocycles. The lowest BCUT2D eigenvalue weighted by molar-refractivity contribution is -0.122. The number of nitrogens with one attached hydrogen (secondary N) is 3. The number of carbonyl (C=O) groups is 3. The van der Waals surface area contributed by atoms with Crippen molar-refractivity contribution in [3.8, 4) is 5.75 Å². The zero-order valence-corrected chi connectivity index (χ0v) is 16.2. The summed E-state index contributed by atoms with van der Waals surface area (Å²) >= 11 is 5.88. The molecule has 2 amide bonds. The normalized spacial score (nSPS) is 10.1. The first-order valence-electron chi connectivity index (χ1n) is 8.34. The van der Waals surface area contributed by atoms with Crippen LogP contribution in [-0.2, 0) is 11.3 Å². The second kappa shape index (κ2) is 9.56. The molecule has 0 aromatic heterocycles. The molecule has 152 valence electrons. The minimum absolute atomic E-state index is 0.0228. The third kappa shape index (κ3) is 5.94. The average Bonchev–Trinajstić information content (AvgIpc) is 2.69. The fourth-order valence-corrected chi connectivity index (χ4v) is 2.57. The molecule has 0 radical (unpaired) electrons. The SMILES string of the molecule is CNC(=O)COc1cc(C(=N)N)ccc1CNC(=O)c1cc(Cl)cc(C(=O)O)c1. The van der Waals surface area contributed by atoms with E-state index in [2.05, 4.69) is 10.6 Å². The van der Waals surface area contributed by atoms with Gasteiger partial charge < -0.3 is 26.2 Å². The first kappa shape index (κ1) is 21.7. The van der Waals surface area contributed by atoms with Crippen LogP contribution in [0, 0.1) is 5.41 Å². The van der Waals surface area contributed by atoms with Crippen LogP contribution in [-0.4, -0.2) is 42.4 Å². The topological polar surface area (TPSA) is 155 Å². The predicted molar refractivity (Wildman–Crippen MR) is 107 cm³/mol. The van der Waals surface area contributed by atoms with Gasteiger partial charge in [-0.3, -0.25) is 15.0 Å². The summed E-state index contributed by atoms with van der Waals surface area (Å²) in [4.78, 5) is 35.0. The van der Waals surface area contributed by atoms with Crippen molar-refractivity contribution < 1.29 is 24.2 Å². The van der Waals surface area contributed by atoms with E-state index in [9.17, 15) is 14.4 Å². The highest BCUT2D eigenvalue weighted by atomic mass is 35.5. The first-order valence-corrected chi connectivity index (χ1v) is 8.72. The molecule has 10 heteroatoms. The summed E-state index contributed by atoms with van der Waals surface area (Å²) in [7, 11) is 1.47. The van der Waals surface area contributed by atoms with Gasteiger partial charge in [0.05, 0.1) is 5.56 Å². The smallest absolute Gasteiger partial charge is 0.335 e. The third-order valence-electron chi connectivity index (χ3n) is 3.86. The number of hydrogen-bond donors (Lipinski definition) is 5. The second-order valence-electron chi connectivity index (χ2n) is 5.91. The summed E-state index contributed by atoms with van der Waals surface area (Å²) < 4.78 is 5.47. The maximum Gasteiger partial charge on any atom is 0.335 e. The highest BCUT2D eigenvalue weighted by Crippen LogP contribution is 2.21. The Morgan fingerprint density at radius 2 is 1.83 bits per heavy atom. The summed E-state index contributed by atoms with van der Waals surface area (Å²) in [5, 5.41) is 21.8. The number of benzene rings is 2. The zero-order valence-electron chi connectivity index (χ0n) is 15.4. The summed E-state index contributed by atoms with van der Waals surface area (Å²) in [5.41, 5.74) is 6.39. The van der Waals surface area contributed by atoms with Crippen LogP contribution in [0.25, 0.3) is 0 Å². The van der Waals surface area contributed by atoms with E-state index < -0.39 is 11.9 Å². The van der Waals surface area contributed by atoms with E-state index in [1.807, 2.05) is 0 Å². The lowest BCUT2D eigenvalue weighted by atomic mass is 10.1. The van der Waals surface area contributed by atoms with E-state index in [-0.39, 0.29) is 46.8 Å². The molecule has 0 aliphatic rings. The number of amides is 2.